The molecule has 0 bridgehead atoms. The highest BCUT2D eigenvalue weighted by molar-refractivity contribution is 5.87. The molecule has 0 unspecified atom stereocenters. The molecule has 0 spiro atoms. The van der Waals surface area contributed by atoms with Gasteiger partial charge in [-0.15, -0.1) is 0 Å². The number of piperazine rings is 1. The molecule has 2 aliphatic rings. The maximum Gasteiger partial charge on any atom is 0.242 e. The smallest absolute Gasteiger partial charge is 0.242 e. The summed E-state index contributed by atoms with van der Waals surface area (Å²) in [6.07, 6.45) is 2.64. The first kappa shape index (κ1) is 13.2. The number of nitrogens with zero attached hydrogens (tertiary/aromatic N) is 2. The van der Waals surface area contributed by atoms with Crippen LogP contribution >= 0.6 is 0 Å². The van der Waals surface area contributed by atoms with E-state index < -0.39 is 0 Å². The number of amides is 2. The summed E-state index contributed by atoms with van der Waals surface area (Å²) >= 11 is 0. The zero-order chi connectivity index (χ0) is 14.1. The average molecular weight is 272 g/mol. The molecule has 0 radical (unpaired) electrons. The van der Waals surface area contributed by atoms with Crippen molar-refractivity contribution in [1.82, 2.24) is 9.80 Å². The molecule has 4 nitrogen and oxygen atoms in total. The van der Waals surface area contributed by atoms with E-state index in [1.54, 1.807) is 4.90 Å². The SMILES string of the molecule is Cc1cccc(CC(=O)N2CCN(C3CC3)C(=O)C2)c1. The first-order valence-corrected chi connectivity index (χ1v) is 7.26. The lowest BCUT2D eigenvalue weighted by atomic mass is 10.1. The van der Waals surface area contributed by atoms with Crippen LogP contribution in [-0.4, -0.2) is 47.3 Å². The molecule has 1 aromatic rings. The summed E-state index contributed by atoms with van der Waals surface area (Å²) in [6.45, 7) is 3.64. The van der Waals surface area contributed by atoms with Gasteiger partial charge in [0.25, 0.3) is 0 Å². The molecular formula is C16H20N2O2. The summed E-state index contributed by atoms with van der Waals surface area (Å²) in [6, 6.07) is 8.43. The quantitative estimate of drug-likeness (QED) is 0.834. The highest BCUT2D eigenvalue weighted by Crippen LogP contribution is 2.28. The number of aryl methyl sites for hydroxylation is 1. The molecule has 1 aliphatic heterocycles. The Balaban J connectivity index is 1.59. The number of hydrogen-bond acceptors (Lipinski definition) is 2. The molecule has 4 heteroatoms. The lowest BCUT2D eigenvalue weighted by molar-refractivity contribution is -0.145. The highest BCUT2D eigenvalue weighted by atomic mass is 16.2. The summed E-state index contributed by atoms with van der Waals surface area (Å²) in [5.41, 5.74) is 2.18. The lowest BCUT2D eigenvalue weighted by Gasteiger charge is -2.34. The van der Waals surface area contributed by atoms with Crippen molar-refractivity contribution in [2.75, 3.05) is 19.6 Å². The molecular weight excluding hydrogens is 252 g/mol. The third-order valence-corrected chi connectivity index (χ3v) is 4.04. The Morgan fingerprint density at radius 1 is 1.30 bits per heavy atom. The number of benzene rings is 1. The Labute approximate surface area is 119 Å². The molecule has 2 fully saturated rings. The zero-order valence-corrected chi connectivity index (χ0v) is 11.8. The van der Waals surface area contributed by atoms with Gasteiger partial charge in [-0.3, -0.25) is 9.59 Å². The van der Waals surface area contributed by atoms with E-state index in [0.29, 0.717) is 25.6 Å². The van der Waals surface area contributed by atoms with Crippen LogP contribution in [-0.2, 0) is 16.0 Å². The largest absolute Gasteiger partial charge is 0.336 e. The Morgan fingerprint density at radius 3 is 2.75 bits per heavy atom. The minimum atomic E-state index is 0.0550. The second kappa shape index (κ2) is 5.27. The van der Waals surface area contributed by atoms with Crippen molar-refractivity contribution in [2.24, 2.45) is 0 Å². The molecule has 20 heavy (non-hydrogen) atoms. The van der Waals surface area contributed by atoms with Crippen LogP contribution in [0.4, 0.5) is 0 Å². The molecule has 106 valence electrons. The van der Waals surface area contributed by atoms with Crippen molar-refractivity contribution in [3.05, 3.63) is 35.4 Å². The minimum absolute atomic E-state index is 0.0550. The molecule has 0 N–H and O–H groups in total. The van der Waals surface area contributed by atoms with Gasteiger partial charge in [0, 0.05) is 19.1 Å². The van der Waals surface area contributed by atoms with E-state index in [1.807, 2.05) is 36.1 Å². The number of rotatable bonds is 3. The monoisotopic (exact) mass is 272 g/mol. The van der Waals surface area contributed by atoms with Crippen LogP contribution < -0.4 is 0 Å². The average Bonchev–Trinajstić information content (AvgIpc) is 3.23. The molecule has 1 aliphatic carbocycles. The van der Waals surface area contributed by atoms with Crippen LogP contribution in [0.5, 0.6) is 0 Å². The molecule has 1 heterocycles. The van der Waals surface area contributed by atoms with E-state index in [1.165, 1.54) is 0 Å². The standard InChI is InChI=1S/C16H20N2O2/c1-12-3-2-4-13(9-12)10-15(19)17-7-8-18(14-5-6-14)16(20)11-17/h2-4,9,14H,5-8,10-11H2,1H3. The van der Waals surface area contributed by atoms with Crippen molar-refractivity contribution < 1.29 is 9.59 Å². The van der Waals surface area contributed by atoms with E-state index in [9.17, 15) is 9.59 Å². The fourth-order valence-electron chi connectivity index (χ4n) is 2.78. The van der Waals surface area contributed by atoms with Gasteiger partial charge in [-0.25, -0.2) is 0 Å². The normalized spacial score (nSPS) is 19.4. The van der Waals surface area contributed by atoms with Crippen LogP contribution in [0.2, 0.25) is 0 Å². The second-order valence-electron chi connectivity index (χ2n) is 5.80. The summed E-state index contributed by atoms with van der Waals surface area (Å²) in [5, 5.41) is 0. The predicted octanol–water partition coefficient (Wildman–Crippen LogP) is 1.37. The van der Waals surface area contributed by atoms with Crippen LogP contribution in [0, 0.1) is 6.92 Å². The highest BCUT2D eigenvalue weighted by Gasteiger charge is 2.36. The summed E-state index contributed by atoms with van der Waals surface area (Å²) in [7, 11) is 0. The Bertz CT molecular complexity index is 537. The number of carbonyl (C=O) groups excluding carboxylic acids is 2. The van der Waals surface area contributed by atoms with Crippen molar-refractivity contribution >= 4 is 11.8 Å². The van der Waals surface area contributed by atoms with Crippen LogP contribution in [0.25, 0.3) is 0 Å². The maximum atomic E-state index is 12.3. The van der Waals surface area contributed by atoms with Crippen molar-refractivity contribution in [3.63, 3.8) is 0 Å². The molecule has 3 rings (SSSR count). The fourth-order valence-corrected chi connectivity index (χ4v) is 2.78. The topological polar surface area (TPSA) is 40.6 Å². The van der Waals surface area contributed by atoms with Crippen molar-refractivity contribution in [2.45, 2.75) is 32.2 Å². The number of hydrogen-bond donors (Lipinski definition) is 0. The van der Waals surface area contributed by atoms with Gasteiger partial charge < -0.3 is 9.80 Å². The van der Waals surface area contributed by atoms with Gasteiger partial charge in [0.05, 0.1) is 13.0 Å². The zero-order valence-electron chi connectivity index (χ0n) is 11.8. The molecule has 0 aromatic heterocycles. The molecule has 1 saturated heterocycles. The van der Waals surface area contributed by atoms with Gasteiger partial charge in [-0.1, -0.05) is 29.8 Å². The minimum Gasteiger partial charge on any atom is -0.336 e. The second-order valence-corrected chi connectivity index (χ2v) is 5.80. The van der Waals surface area contributed by atoms with Crippen LogP contribution in [0.3, 0.4) is 0 Å². The van der Waals surface area contributed by atoms with Gasteiger partial charge in [0.1, 0.15) is 0 Å². The summed E-state index contributed by atoms with van der Waals surface area (Å²) in [5.74, 6) is 0.163. The van der Waals surface area contributed by atoms with E-state index in [2.05, 4.69) is 0 Å². The fraction of sp³-hybridized carbons (Fsp3) is 0.500. The predicted molar refractivity (Wildman–Crippen MR) is 76.2 cm³/mol. The maximum absolute atomic E-state index is 12.3. The van der Waals surface area contributed by atoms with E-state index in [0.717, 1.165) is 24.0 Å². The number of carbonyl (C=O) groups is 2. The summed E-state index contributed by atoms with van der Waals surface area (Å²) < 4.78 is 0. The van der Waals surface area contributed by atoms with Gasteiger partial charge >= 0.3 is 0 Å². The first-order chi connectivity index (χ1) is 9.63. The van der Waals surface area contributed by atoms with Gasteiger partial charge in [-0.05, 0) is 25.3 Å². The van der Waals surface area contributed by atoms with Gasteiger partial charge in [-0.2, -0.15) is 0 Å². The first-order valence-electron chi connectivity index (χ1n) is 7.26. The van der Waals surface area contributed by atoms with E-state index in [-0.39, 0.29) is 18.4 Å². The third-order valence-electron chi connectivity index (χ3n) is 4.04. The third kappa shape index (κ3) is 2.84. The van der Waals surface area contributed by atoms with E-state index >= 15 is 0 Å². The lowest BCUT2D eigenvalue weighted by Crippen LogP contribution is -2.53. The van der Waals surface area contributed by atoms with Crippen LogP contribution in [0.1, 0.15) is 24.0 Å². The van der Waals surface area contributed by atoms with Crippen molar-refractivity contribution in [3.8, 4) is 0 Å². The Kier molecular flexibility index (Phi) is 3.47. The summed E-state index contributed by atoms with van der Waals surface area (Å²) in [4.78, 5) is 27.9. The van der Waals surface area contributed by atoms with Crippen molar-refractivity contribution in [1.29, 1.82) is 0 Å². The Morgan fingerprint density at radius 2 is 2.10 bits per heavy atom. The van der Waals surface area contributed by atoms with Gasteiger partial charge in [0.2, 0.25) is 11.8 Å². The molecule has 2 amide bonds. The molecule has 0 atom stereocenters. The Hall–Kier alpha value is -1.84. The molecule has 1 aromatic carbocycles. The molecule has 1 saturated carbocycles. The van der Waals surface area contributed by atoms with Gasteiger partial charge in [0.15, 0.2) is 0 Å². The van der Waals surface area contributed by atoms with E-state index in [4.69, 9.17) is 0 Å². The van der Waals surface area contributed by atoms with Crippen LogP contribution in [0.15, 0.2) is 24.3 Å².